The average Bonchev–Trinajstić information content (AvgIpc) is 2.75. The molecule has 108 valence electrons. The van der Waals surface area contributed by atoms with Gasteiger partial charge in [0.25, 0.3) is 10.2 Å². The van der Waals surface area contributed by atoms with Crippen LogP contribution in [0.25, 0.3) is 0 Å². The highest BCUT2D eigenvalue weighted by molar-refractivity contribution is 7.87. The average molecular weight is 290 g/mol. The zero-order valence-corrected chi connectivity index (χ0v) is 12.0. The van der Waals surface area contributed by atoms with E-state index in [0.717, 1.165) is 0 Å². The third-order valence-electron chi connectivity index (χ3n) is 2.80. The summed E-state index contributed by atoms with van der Waals surface area (Å²) in [6, 6.07) is -0.541. The van der Waals surface area contributed by atoms with Gasteiger partial charge in [-0.15, -0.1) is 0 Å². The van der Waals surface area contributed by atoms with Crippen molar-refractivity contribution in [1.82, 2.24) is 19.2 Å². The van der Waals surface area contributed by atoms with Gasteiger partial charge in [0.05, 0.1) is 18.8 Å². The van der Waals surface area contributed by atoms with Gasteiger partial charge in [-0.25, -0.2) is 0 Å². The van der Waals surface area contributed by atoms with Crippen molar-refractivity contribution in [2.75, 3.05) is 19.7 Å². The lowest BCUT2D eigenvalue weighted by atomic mass is 10.3. The highest BCUT2D eigenvalue weighted by atomic mass is 32.2. The van der Waals surface area contributed by atoms with E-state index in [9.17, 15) is 8.42 Å². The van der Waals surface area contributed by atoms with Crippen LogP contribution in [0.3, 0.4) is 0 Å². The lowest BCUT2D eigenvalue weighted by Crippen LogP contribution is -2.49. The number of hydrogen-bond acceptors (Lipinski definition) is 6. The Morgan fingerprint density at radius 1 is 1.53 bits per heavy atom. The Labute approximate surface area is 112 Å². The van der Waals surface area contributed by atoms with Gasteiger partial charge in [-0.3, -0.25) is 0 Å². The summed E-state index contributed by atoms with van der Waals surface area (Å²) in [6.07, 6.45) is -0.104. The first-order chi connectivity index (χ1) is 8.88. The molecule has 2 heterocycles. The van der Waals surface area contributed by atoms with Crippen molar-refractivity contribution in [1.29, 1.82) is 0 Å². The summed E-state index contributed by atoms with van der Waals surface area (Å²) < 4.78 is 38.4. The molecule has 9 heteroatoms. The van der Waals surface area contributed by atoms with E-state index < -0.39 is 16.3 Å². The Balaban J connectivity index is 2.04. The first-order valence-electron chi connectivity index (χ1n) is 6.07. The van der Waals surface area contributed by atoms with Crippen LogP contribution >= 0.6 is 0 Å². The molecule has 0 aromatic carbocycles. The molecule has 8 nitrogen and oxygen atoms in total. The summed E-state index contributed by atoms with van der Waals surface area (Å²) in [6.45, 7) is 6.25. The van der Waals surface area contributed by atoms with Gasteiger partial charge >= 0.3 is 0 Å². The summed E-state index contributed by atoms with van der Waals surface area (Å²) in [5.41, 5.74) is 0. The second-order valence-electron chi connectivity index (χ2n) is 4.56. The molecule has 1 aromatic heterocycles. The molecule has 1 aliphatic heterocycles. The van der Waals surface area contributed by atoms with Crippen molar-refractivity contribution in [3.63, 3.8) is 0 Å². The molecule has 0 saturated carbocycles. The molecule has 2 atom stereocenters. The Morgan fingerprint density at radius 2 is 2.26 bits per heavy atom. The summed E-state index contributed by atoms with van der Waals surface area (Å²) in [5.74, 6) is 0.725. The first kappa shape index (κ1) is 14.4. The van der Waals surface area contributed by atoms with Gasteiger partial charge in [-0.1, -0.05) is 5.16 Å². The van der Waals surface area contributed by atoms with Gasteiger partial charge in [-0.2, -0.15) is 22.4 Å². The number of ether oxygens (including phenoxy) is 1. The number of aromatic nitrogens is 2. The molecule has 2 rings (SSSR count). The molecule has 1 aliphatic rings. The van der Waals surface area contributed by atoms with E-state index in [1.54, 1.807) is 13.8 Å². The molecule has 1 N–H and O–H groups in total. The van der Waals surface area contributed by atoms with Gasteiger partial charge in [0.1, 0.15) is 0 Å². The number of aryl methyl sites for hydroxylation is 1. The van der Waals surface area contributed by atoms with Crippen LogP contribution in [0.2, 0.25) is 0 Å². The fourth-order valence-corrected chi connectivity index (χ4v) is 3.27. The van der Waals surface area contributed by atoms with E-state index in [-0.39, 0.29) is 6.10 Å². The first-order valence-corrected chi connectivity index (χ1v) is 7.51. The van der Waals surface area contributed by atoms with Crippen molar-refractivity contribution in [2.45, 2.75) is 32.9 Å². The van der Waals surface area contributed by atoms with E-state index in [2.05, 4.69) is 14.9 Å². The molecule has 1 saturated heterocycles. The predicted molar refractivity (Wildman–Crippen MR) is 66.5 cm³/mol. The molecule has 19 heavy (non-hydrogen) atoms. The van der Waals surface area contributed by atoms with Gasteiger partial charge in [0.2, 0.25) is 5.89 Å². The maximum absolute atomic E-state index is 12.2. The van der Waals surface area contributed by atoms with Crippen LogP contribution < -0.4 is 4.72 Å². The number of nitrogens with one attached hydrogen (secondary N) is 1. The molecule has 0 bridgehead atoms. The van der Waals surface area contributed by atoms with E-state index in [0.29, 0.717) is 31.4 Å². The lowest BCUT2D eigenvalue weighted by molar-refractivity contribution is 0.00967. The van der Waals surface area contributed by atoms with Crippen LogP contribution in [0.15, 0.2) is 4.52 Å². The lowest BCUT2D eigenvalue weighted by Gasteiger charge is -2.30. The standard InChI is InChI=1S/C10H18N4O4S/c1-7-6-14(4-5-17-7)19(15,16)13-8(2)10-11-9(3)18-12-10/h7-8,13H,4-6H2,1-3H3. The summed E-state index contributed by atoms with van der Waals surface area (Å²) >= 11 is 0. The van der Waals surface area contributed by atoms with E-state index >= 15 is 0 Å². The minimum atomic E-state index is -3.57. The molecule has 0 aliphatic carbocycles. The molecule has 0 amide bonds. The minimum Gasteiger partial charge on any atom is -0.376 e. The fourth-order valence-electron chi connectivity index (χ4n) is 1.85. The van der Waals surface area contributed by atoms with Gasteiger partial charge in [0, 0.05) is 20.0 Å². The minimum absolute atomic E-state index is 0.104. The topological polar surface area (TPSA) is 97.6 Å². The number of hydrogen-bond donors (Lipinski definition) is 1. The largest absolute Gasteiger partial charge is 0.376 e. The molecular formula is C10H18N4O4S. The molecule has 2 unspecified atom stereocenters. The number of rotatable bonds is 4. The normalized spacial score (nSPS) is 23.4. The second kappa shape index (κ2) is 5.53. The zero-order chi connectivity index (χ0) is 14.0. The zero-order valence-electron chi connectivity index (χ0n) is 11.2. The highest BCUT2D eigenvalue weighted by Crippen LogP contribution is 2.13. The van der Waals surface area contributed by atoms with Gasteiger partial charge in [-0.05, 0) is 13.8 Å². The van der Waals surface area contributed by atoms with Crippen LogP contribution in [0.1, 0.15) is 31.6 Å². The quantitative estimate of drug-likeness (QED) is 0.838. The third-order valence-corrected chi connectivity index (χ3v) is 4.46. The Morgan fingerprint density at radius 3 is 2.84 bits per heavy atom. The van der Waals surface area contributed by atoms with Crippen molar-refractivity contribution in [3.8, 4) is 0 Å². The maximum atomic E-state index is 12.2. The second-order valence-corrected chi connectivity index (χ2v) is 6.26. The van der Waals surface area contributed by atoms with Crippen LogP contribution in [0.5, 0.6) is 0 Å². The summed E-state index contributed by atoms with van der Waals surface area (Å²) in [7, 11) is -3.57. The van der Waals surface area contributed by atoms with Gasteiger partial charge < -0.3 is 9.26 Å². The predicted octanol–water partition coefficient (Wildman–Crippen LogP) is -0.00588. The SMILES string of the molecule is Cc1nc(C(C)NS(=O)(=O)N2CCOC(C)C2)no1. The molecule has 1 fully saturated rings. The van der Waals surface area contributed by atoms with E-state index in [1.807, 2.05) is 6.92 Å². The van der Waals surface area contributed by atoms with E-state index in [1.165, 1.54) is 4.31 Å². The summed E-state index contributed by atoms with van der Waals surface area (Å²) in [4.78, 5) is 4.01. The molecule has 1 aromatic rings. The Bertz CT molecular complexity index is 529. The Kier molecular flexibility index (Phi) is 4.19. The van der Waals surface area contributed by atoms with Crippen LogP contribution in [-0.2, 0) is 14.9 Å². The van der Waals surface area contributed by atoms with Crippen LogP contribution in [0, 0.1) is 6.92 Å². The smallest absolute Gasteiger partial charge is 0.280 e. The molecule has 0 radical (unpaired) electrons. The van der Waals surface area contributed by atoms with Crippen LogP contribution in [-0.4, -0.2) is 48.7 Å². The molecular weight excluding hydrogens is 272 g/mol. The highest BCUT2D eigenvalue weighted by Gasteiger charge is 2.29. The molecule has 0 spiro atoms. The fraction of sp³-hybridized carbons (Fsp3) is 0.800. The van der Waals surface area contributed by atoms with E-state index in [4.69, 9.17) is 9.26 Å². The van der Waals surface area contributed by atoms with Crippen molar-refractivity contribution in [3.05, 3.63) is 11.7 Å². The van der Waals surface area contributed by atoms with Crippen molar-refractivity contribution >= 4 is 10.2 Å². The monoisotopic (exact) mass is 290 g/mol. The maximum Gasteiger partial charge on any atom is 0.280 e. The Hall–Kier alpha value is -1.03. The van der Waals surface area contributed by atoms with Gasteiger partial charge in [0.15, 0.2) is 5.82 Å². The van der Waals surface area contributed by atoms with Crippen LogP contribution in [0.4, 0.5) is 0 Å². The van der Waals surface area contributed by atoms with Crippen molar-refractivity contribution in [2.24, 2.45) is 0 Å². The third kappa shape index (κ3) is 3.50. The number of morpholine rings is 1. The summed E-state index contributed by atoms with van der Waals surface area (Å²) in [5, 5.41) is 3.70. The van der Waals surface area contributed by atoms with Crippen molar-refractivity contribution < 1.29 is 17.7 Å². The number of nitrogens with zero attached hydrogens (tertiary/aromatic N) is 3.